The second-order valence-corrected chi connectivity index (χ2v) is 11.1. The molecule has 1 saturated heterocycles. The molecular formula is C32H26BrN3O3S. The van der Waals surface area contributed by atoms with E-state index in [2.05, 4.69) is 21.2 Å². The van der Waals surface area contributed by atoms with Gasteiger partial charge in [-0.2, -0.15) is 0 Å². The Morgan fingerprint density at radius 1 is 0.950 bits per heavy atom. The average Bonchev–Trinajstić information content (AvgIpc) is 3.24. The second kappa shape index (κ2) is 12.4. The molecule has 1 heterocycles. The number of rotatable bonds is 7. The summed E-state index contributed by atoms with van der Waals surface area (Å²) in [7, 11) is 0. The maximum Gasteiger partial charge on any atom is 0.271 e. The van der Waals surface area contributed by atoms with Crippen LogP contribution >= 0.6 is 27.7 Å². The molecule has 0 aromatic heterocycles. The highest BCUT2D eigenvalue weighted by Crippen LogP contribution is 2.38. The number of hydrogen-bond donors (Lipinski definition) is 1. The van der Waals surface area contributed by atoms with Gasteiger partial charge in [-0.15, -0.1) is 0 Å². The van der Waals surface area contributed by atoms with Gasteiger partial charge in [-0.3, -0.25) is 14.5 Å². The molecule has 6 nitrogen and oxygen atoms in total. The van der Waals surface area contributed by atoms with Gasteiger partial charge in [-0.1, -0.05) is 59.7 Å². The number of amides is 2. The fraction of sp³-hybridized carbons (Fsp3) is 0.0938. The van der Waals surface area contributed by atoms with Crippen LogP contribution < -0.4 is 15.0 Å². The van der Waals surface area contributed by atoms with Crippen molar-refractivity contribution in [3.63, 3.8) is 0 Å². The molecule has 1 N–H and O–H groups in total. The van der Waals surface area contributed by atoms with Gasteiger partial charge in [0.05, 0.1) is 20.8 Å². The predicted octanol–water partition coefficient (Wildman–Crippen LogP) is 7.89. The highest BCUT2D eigenvalue weighted by molar-refractivity contribution is 9.10. The van der Waals surface area contributed by atoms with E-state index in [0.29, 0.717) is 26.0 Å². The van der Waals surface area contributed by atoms with E-state index in [-0.39, 0.29) is 18.4 Å². The zero-order valence-electron chi connectivity index (χ0n) is 21.9. The summed E-state index contributed by atoms with van der Waals surface area (Å²) >= 11 is 4.87. The molecule has 0 saturated carbocycles. The van der Waals surface area contributed by atoms with Gasteiger partial charge in [0, 0.05) is 5.69 Å². The van der Waals surface area contributed by atoms with Crippen LogP contribution in [0.1, 0.15) is 16.7 Å². The highest BCUT2D eigenvalue weighted by Gasteiger charge is 2.34. The number of aliphatic imine (C=N–C) groups is 1. The lowest BCUT2D eigenvalue weighted by Gasteiger charge is -2.16. The van der Waals surface area contributed by atoms with E-state index in [1.54, 1.807) is 11.0 Å². The monoisotopic (exact) mass is 611 g/mol. The summed E-state index contributed by atoms with van der Waals surface area (Å²) in [5.74, 6) is 0.126. The molecule has 0 atom stereocenters. The zero-order chi connectivity index (χ0) is 28.1. The number of amidine groups is 1. The van der Waals surface area contributed by atoms with Crippen LogP contribution in [0.3, 0.4) is 0 Å². The molecule has 4 aromatic rings. The van der Waals surface area contributed by atoms with Crippen LogP contribution in [0.4, 0.5) is 17.1 Å². The summed E-state index contributed by atoms with van der Waals surface area (Å²) in [5, 5.41) is 3.39. The van der Waals surface area contributed by atoms with E-state index in [0.717, 1.165) is 28.1 Å². The Labute approximate surface area is 245 Å². The normalized spacial score (nSPS) is 15.1. The van der Waals surface area contributed by atoms with Gasteiger partial charge < -0.3 is 10.1 Å². The molecule has 0 radical (unpaired) electrons. The summed E-state index contributed by atoms with van der Waals surface area (Å²) in [5.41, 5.74) is 5.31. The van der Waals surface area contributed by atoms with Gasteiger partial charge in [-0.25, -0.2) is 4.99 Å². The number of thioether (sulfide) groups is 1. The number of anilines is 2. The van der Waals surface area contributed by atoms with Crippen molar-refractivity contribution in [3.8, 4) is 5.75 Å². The number of nitrogens with zero attached hydrogens (tertiary/aromatic N) is 2. The van der Waals surface area contributed by atoms with Crippen molar-refractivity contribution < 1.29 is 14.3 Å². The predicted molar refractivity (Wildman–Crippen MR) is 167 cm³/mol. The molecule has 200 valence electrons. The average molecular weight is 613 g/mol. The first kappa shape index (κ1) is 27.4. The first-order chi connectivity index (χ1) is 19.4. The van der Waals surface area contributed by atoms with Gasteiger partial charge in [0.2, 0.25) is 0 Å². The minimum absolute atomic E-state index is 0.132. The maximum absolute atomic E-state index is 13.6. The van der Waals surface area contributed by atoms with Gasteiger partial charge in [0.25, 0.3) is 11.8 Å². The Morgan fingerprint density at radius 2 is 1.62 bits per heavy atom. The van der Waals surface area contributed by atoms with Gasteiger partial charge in [-0.05, 0) is 102 Å². The first-order valence-electron chi connectivity index (χ1n) is 12.6. The number of halogens is 1. The minimum atomic E-state index is -0.256. The van der Waals surface area contributed by atoms with E-state index < -0.39 is 0 Å². The standard InChI is InChI=1S/C32H26BrN3O3S/c1-21-8-13-25(14-9-21)35-32-36(26-15-10-22(2)11-16-26)31(38)29(40-32)19-23-12-17-28(27(33)18-23)39-20-30(37)34-24-6-4-3-5-7-24/h3-19H,20H2,1-2H3,(H,34,37)/b29-19-,35-32?. The third-order valence-electron chi connectivity index (χ3n) is 6.03. The van der Waals surface area contributed by atoms with Crippen LogP contribution in [0, 0.1) is 13.8 Å². The number of ether oxygens (including phenoxy) is 1. The van der Waals surface area contributed by atoms with Crippen molar-refractivity contribution in [1.82, 2.24) is 0 Å². The third kappa shape index (κ3) is 6.70. The lowest BCUT2D eigenvalue weighted by atomic mass is 10.2. The summed E-state index contributed by atoms with van der Waals surface area (Å²) < 4.78 is 6.39. The molecule has 4 aromatic carbocycles. The summed E-state index contributed by atoms with van der Waals surface area (Å²) in [6.07, 6.45) is 1.84. The van der Waals surface area contributed by atoms with Crippen LogP contribution in [0.25, 0.3) is 6.08 Å². The number of hydrogen-bond acceptors (Lipinski definition) is 5. The third-order valence-corrected chi connectivity index (χ3v) is 7.62. The lowest BCUT2D eigenvalue weighted by Crippen LogP contribution is -2.28. The van der Waals surface area contributed by atoms with Crippen LogP contribution in [0.5, 0.6) is 5.75 Å². The van der Waals surface area contributed by atoms with Crippen LogP contribution in [-0.4, -0.2) is 23.6 Å². The van der Waals surface area contributed by atoms with E-state index >= 15 is 0 Å². The highest BCUT2D eigenvalue weighted by atomic mass is 79.9. The Kier molecular flexibility index (Phi) is 8.48. The molecule has 0 aliphatic carbocycles. The van der Waals surface area contributed by atoms with Gasteiger partial charge in [0.15, 0.2) is 11.8 Å². The largest absolute Gasteiger partial charge is 0.483 e. The van der Waals surface area contributed by atoms with Gasteiger partial charge in [0.1, 0.15) is 5.75 Å². The summed E-state index contributed by atoms with van der Waals surface area (Å²) in [6.45, 7) is 3.91. The van der Waals surface area contributed by atoms with Gasteiger partial charge >= 0.3 is 0 Å². The Hall–Kier alpha value is -4.14. The number of benzene rings is 4. The fourth-order valence-corrected chi connectivity index (χ4v) is 5.45. The zero-order valence-corrected chi connectivity index (χ0v) is 24.3. The maximum atomic E-state index is 13.6. The molecular weight excluding hydrogens is 586 g/mol. The van der Waals surface area contributed by atoms with Crippen LogP contribution in [-0.2, 0) is 9.59 Å². The molecule has 8 heteroatoms. The Morgan fingerprint density at radius 3 is 2.30 bits per heavy atom. The summed E-state index contributed by atoms with van der Waals surface area (Å²) in [6, 6.07) is 30.4. The van der Waals surface area contributed by atoms with E-state index in [4.69, 9.17) is 9.73 Å². The SMILES string of the molecule is Cc1ccc(N=C2S/C(=C\c3ccc(OCC(=O)Nc4ccccc4)c(Br)c3)C(=O)N2c2ccc(C)cc2)cc1. The molecule has 0 spiro atoms. The van der Waals surface area contributed by atoms with Crippen molar-refractivity contribution in [1.29, 1.82) is 0 Å². The Bertz CT molecular complexity index is 1600. The van der Waals surface area contributed by atoms with Crippen molar-refractivity contribution in [2.45, 2.75) is 13.8 Å². The molecule has 2 amide bonds. The number of carbonyl (C=O) groups is 2. The quantitative estimate of drug-likeness (QED) is 0.216. The summed E-state index contributed by atoms with van der Waals surface area (Å²) in [4.78, 5) is 32.9. The minimum Gasteiger partial charge on any atom is -0.483 e. The second-order valence-electron chi connectivity index (χ2n) is 9.21. The molecule has 1 fully saturated rings. The molecule has 1 aliphatic heterocycles. The van der Waals surface area contributed by atoms with E-state index in [1.165, 1.54) is 11.8 Å². The number of aryl methyl sites for hydroxylation is 2. The molecule has 5 rings (SSSR count). The number of para-hydroxylation sites is 1. The topological polar surface area (TPSA) is 71.0 Å². The molecule has 0 unspecified atom stereocenters. The Balaban J connectivity index is 1.35. The van der Waals surface area contributed by atoms with Crippen molar-refractivity contribution >= 4 is 67.8 Å². The fourth-order valence-electron chi connectivity index (χ4n) is 3.94. The smallest absolute Gasteiger partial charge is 0.271 e. The first-order valence-corrected chi connectivity index (χ1v) is 14.2. The number of carbonyl (C=O) groups excluding carboxylic acids is 2. The van der Waals surface area contributed by atoms with Crippen molar-refractivity contribution in [2.24, 2.45) is 4.99 Å². The molecule has 40 heavy (non-hydrogen) atoms. The molecule has 0 bridgehead atoms. The van der Waals surface area contributed by atoms with Crippen LogP contribution in [0.15, 0.2) is 111 Å². The lowest BCUT2D eigenvalue weighted by molar-refractivity contribution is -0.118. The van der Waals surface area contributed by atoms with E-state index in [9.17, 15) is 9.59 Å². The van der Waals surface area contributed by atoms with E-state index in [1.807, 2.05) is 111 Å². The molecule has 1 aliphatic rings. The van der Waals surface area contributed by atoms with Crippen molar-refractivity contribution in [3.05, 3.63) is 123 Å². The number of nitrogens with one attached hydrogen (secondary N) is 1. The van der Waals surface area contributed by atoms with Crippen LogP contribution in [0.2, 0.25) is 0 Å². The van der Waals surface area contributed by atoms with Crippen molar-refractivity contribution in [2.75, 3.05) is 16.8 Å².